The Bertz CT molecular complexity index is 3300. The Hall–Kier alpha value is -3.69. The van der Waals surface area contributed by atoms with Crippen LogP contribution in [-0.2, 0) is 52.4 Å². The third kappa shape index (κ3) is 26.5. The summed E-state index contributed by atoms with van der Waals surface area (Å²) >= 11 is 12.0. The van der Waals surface area contributed by atoms with E-state index in [1.165, 1.54) is 30.4 Å². The summed E-state index contributed by atoms with van der Waals surface area (Å²) in [7, 11) is 1.54. The van der Waals surface area contributed by atoms with Gasteiger partial charge in [-0.25, -0.2) is 0 Å². The molecule has 0 saturated carbocycles. The molecule has 5 saturated heterocycles. The number of aliphatic hydroxyl groups excluding tert-OH is 5. The minimum absolute atomic E-state index is 0.0577. The third-order valence-corrected chi connectivity index (χ3v) is 28.6. The largest absolute Gasteiger partial charge is 0.390 e. The van der Waals surface area contributed by atoms with Crippen molar-refractivity contribution in [3.8, 4) is 0 Å². The SMILES string of the molecule is C=C1NC(=O)C=CN1C1O[C@H](CCP(=C)(C)C)[C@@H](O)[C@H]1Br.C=C1NC(=O)C=CN1C1O[C@H](CCP(=C)(C)C)[C@@H](O)[C@H]1C.C=C1NC(=O)C=CN1C1O[C@H](CCP(=C)(C)C)[C@@H](O)[C@H]1Cl.C=C1NC(=O)C=CN1C1O[C@H](CCP(=C)(C)C)[C@@H](O)[C@H]1I.C=C1NC(=O)C=CN1C1O[C@H](CCP(=C)(C)C)[C@@H](O)[C@H]1OC. The van der Waals surface area contributed by atoms with Crippen molar-refractivity contribution in [2.75, 3.05) is 105 Å². The van der Waals surface area contributed by atoms with Crippen LogP contribution >= 0.6 is 84.6 Å². The highest BCUT2D eigenvalue weighted by Gasteiger charge is 2.51. The monoisotopic (exact) mass is 1770 g/mol. The van der Waals surface area contributed by atoms with Crippen LogP contribution in [0.2, 0.25) is 0 Å². The molecule has 34 heteroatoms. The summed E-state index contributed by atoms with van der Waals surface area (Å²) in [4.78, 5) is 64.7. The smallest absolute Gasteiger partial charge is 0.250 e. The van der Waals surface area contributed by atoms with Crippen molar-refractivity contribution in [3.63, 3.8) is 0 Å². The van der Waals surface area contributed by atoms with E-state index in [0.717, 1.165) is 62.9 Å². The van der Waals surface area contributed by atoms with Gasteiger partial charge in [-0.05, 0) is 130 Å². The predicted molar refractivity (Wildman–Crippen MR) is 452 cm³/mol. The lowest BCUT2D eigenvalue weighted by Gasteiger charge is -2.33. The number of carbonyl (C=O) groups excluding carboxylic acids is 5. The van der Waals surface area contributed by atoms with E-state index >= 15 is 0 Å². The number of halogens is 3. The lowest BCUT2D eigenvalue weighted by molar-refractivity contribution is -0.119. The van der Waals surface area contributed by atoms with Crippen molar-refractivity contribution in [3.05, 3.63) is 123 Å². The Morgan fingerprint density at radius 3 is 1.02 bits per heavy atom. The van der Waals surface area contributed by atoms with E-state index in [1.807, 2.05) is 6.92 Å². The first-order valence-corrected chi connectivity index (χ1v) is 52.7. The zero-order chi connectivity index (χ0) is 79.6. The Morgan fingerprint density at radius 1 is 0.425 bits per heavy atom. The fourth-order valence-corrected chi connectivity index (χ4v) is 19.2. The number of hydrogen-bond acceptors (Lipinski definition) is 21. The van der Waals surface area contributed by atoms with E-state index in [-0.39, 0.29) is 93.4 Å². The number of carbonyl (C=O) groups is 5. The number of aliphatic hydroxyl groups is 5. The molecule has 26 nitrogen and oxygen atoms in total. The minimum atomic E-state index is -1.18. The van der Waals surface area contributed by atoms with E-state index in [1.54, 1.807) is 62.6 Å². The van der Waals surface area contributed by atoms with Gasteiger partial charge in [-0.2, -0.15) is 0 Å². The van der Waals surface area contributed by atoms with Crippen LogP contribution in [0.4, 0.5) is 0 Å². The number of ether oxygens (including phenoxy) is 6. The predicted octanol–water partition coefficient (Wildman–Crippen LogP) is 5.77. The van der Waals surface area contributed by atoms with Gasteiger partial charge in [-0.1, -0.05) is 78.3 Å². The average Bonchev–Trinajstić information content (AvgIpc) is 1.68. The second-order valence-electron chi connectivity index (χ2n) is 31.2. The van der Waals surface area contributed by atoms with Gasteiger partial charge < -0.3 is 105 Å². The Labute approximate surface area is 655 Å². The van der Waals surface area contributed by atoms with Crippen LogP contribution in [0, 0.1) is 5.92 Å². The van der Waals surface area contributed by atoms with Crippen molar-refractivity contribution in [1.29, 1.82) is 0 Å². The second kappa shape index (κ2) is 38.7. The molecule has 0 spiro atoms. The summed E-state index contributed by atoms with van der Waals surface area (Å²) in [5.41, 5.74) is 0. The molecule has 0 aromatic heterocycles. The molecular formula is C72H116BrClIN10O16P5. The van der Waals surface area contributed by atoms with Gasteiger partial charge in [0.2, 0.25) is 0 Å². The van der Waals surface area contributed by atoms with Crippen LogP contribution in [-0.4, -0.2) is 328 Å². The third-order valence-electron chi connectivity index (χ3n) is 18.4. The van der Waals surface area contributed by atoms with Crippen LogP contribution in [0.3, 0.4) is 0 Å². The first-order chi connectivity index (χ1) is 49.0. The highest BCUT2D eigenvalue weighted by atomic mass is 127. The Balaban J connectivity index is 0.000000208. The summed E-state index contributed by atoms with van der Waals surface area (Å²) in [5, 5.41) is 64.4. The van der Waals surface area contributed by atoms with E-state index in [2.05, 4.69) is 196 Å². The number of methoxy groups -OCH3 is 1. The first-order valence-electron chi connectivity index (χ1n) is 34.8. The zero-order valence-electron chi connectivity index (χ0n) is 63.3. The molecule has 10 heterocycles. The maximum atomic E-state index is 11.3. The van der Waals surface area contributed by atoms with Crippen LogP contribution in [0.5, 0.6) is 0 Å². The van der Waals surface area contributed by atoms with Crippen LogP contribution in [0.25, 0.3) is 0 Å². The van der Waals surface area contributed by atoms with Gasteiger partial charge in [-0.15, -0.1) is 77.5 Å². The molecule has 0 aliphatic carbocycles. The lowest BCUT2D eigenvalue weighted by Crippen LogP contribution is -2.47. The van der Waals surface area contributed by atoms with Crippen molar-refractivity contribution < 1.29 is 77.9 Å². The van der Waals surface area contributed by atoms with E-state index in [0.29, 0.717) is 29.1 Å². The number of nitrogens with one attached hydrogen (secondary N) is 5. The Kier molecular flexibility index (Phi) is 33.3. The average molecular weight is 1770 g/mol. The number of alkyl halides is 3. The molecule has 10 aliphatic heterocycles. The molecule has 5 unspecified atom stereocenters. The fraction of sp³-hybridized carbons (Fsp3) is 0.583. The van der Waals surface area contributed by atoms with Crippen molar-refractivity contribution in [2.24, 2.45) is 5.92 Å². The second-order valence-corrected chi connectivity index (χ2v) is 55.8. The number of nitrogens with zero attached hydrogens (tertiary/aromatic N) is 5. The molecular weight excluding hydrogens is 1660 g/mol. The molecule has 0 aromatic rings. The van der Waals surface area contributed by atoms with Gasteiger partial charge in [0.15, 0.2) is 18.7 Å². The standard InChI is InChI=1S/C15H25N2O4P.C15H25N2O3P.C14H22BrN2O3P.C14H22ClN2O3P.C14H22IN2O3P/c1-10-16-12(18)6-8-17(10)15-14(20-2)13(19)11(21-15)7-9-22(3,4)5;1-10-14(19)12(7-9-21(3,4)5)20-15(10)17-8-6-13(18)16-11(17)2;3*1-9-16-11(18)5-7-17(9)14-12(15)13(19)10(20-14)6-8-21(2,3)4/h6,8,11,13-15,19H,1,3,7,9H2,2,4-5H3,(H,16,18);6,8,10,12,14-15,19H,2-3,7,9H2,1,4-5H3,(H,16,18);3*5,7,10,12-14,19H,1-2,6,8H2,3-4H3,(H,16,18)/t11-,13-,14-,15?;10-,12-,14+,15?;3*10-,12-,13-,14?/m11111/s1. The fourth-order valence-electron chi connectivity index (χ4n) is 12.4. The van der Waals surface area contributed by atoms with Gasteiger partial charge >= 0.3 is 0 Å². The van der Waals surface area contributed by atoms with Gasteiger partial charge in [0, 0.05) is 74.4 Å². The summed E-state index contributed by atoms with van der Waals surface area (Å²) in [6, 6.07) is 0. The molecule has 0 bridgehead atoms. The van der Waals surface area contributed by atoms with Crippen LogP contribution in [0.1, 0.15) is 39.0 Å². The summed E-state index contributed by atoms with van der Waals surface area (Å²) in [6.07, 6.45) is 37.8. The van der Waals surface area contributed by atoms with Crippen molar-refractivity contribution >= 4 is 146 Å². The van der Waals surface area contributed by atoms with E-state index in [4.69, 9.17) is 40.0 Å². The zero-order valence-corrected chi connectivity index (χ0v) is 72.3. The molecule has 596 valence electrons. The molecule has 10 rings (SSSR count). The quantitative estimate of drug-likeness (QED) is 0.0371. The summed E-state index contributed by atoms with van der Waals surface area (Å²) in [5.74, 6) is 1.11. The summed E-state index contributed by atoms with van der Waals surface area (Å²) in [6.45, 7) is 36.9. The normalized spacial score (nSPS) is 33.2. The topological polar surface area (TPSA) is 318 Å². The number of hydrogen-bond donors (Lipinski definition) is 10. The molecule has 10 aliphatic rings. The highest BCUT2D eigenvalue weighted by molar-refractivity contribution is 14.1. The molecule has 10 N–H and O–H groups in total. The molecule has 0 radical (unpaired) electrons. The van der Waals surface area contributed by atoms with Gasteiger partial charge in [0.25, 0.3) is 29.5 Å². The molecule has 20 atom stereocenters. The molecule has 5 fully saturated rings. The van der Waals surface area contributed by atoms with E-state index in [9.17, 15) is 49.5 Å². The molecule has 106 heavy (non-hydrogen) atoms. The maximum absolute atomic E-state index is 11.3. The summed E-state index contributed by atoms with van der Waals surface area (Å²) < 4.78 is 35.3. The maximum Gasteiger partial charge on any atom is 0.250 e. The number of rotatable bonds is 21. The van der Waals surface area contributed by atoms with Crippen LogP contribution < -0.4 is 26.6 Å². The first kappa shape index (κ1) is 91.2. The minimum Gasteiger partial charge on any atom is -0.390 e. The lowest BCUT2D eigenvalue weighted by atomic mass is 10.00. The molecule has 0 aromatic carbocycles. The number of amides is 5. The van der Waals surface area contributed by atoms with Gasteiger partial charge in [0.05, 0.1) is 57.6 Å². The highest BCUT2D eigenvalue weighted by Crippen LogP contribution is 2.45. The van der Waals surface area contributed by atoms with Crippen molar-refractivity contribution in [1.82, 2.24) is 51.1 Å². The van der Waals surface area contributed by atoms with E-state index < -0.39 is 88.9 Å². The van der Waals surface area contributed by atoms with Crippen molar-refractivity contribution in [2.45, 2.75) is 151 Å². The van der Waals surface area contributed by atoms with Gasteiger partial charge in [-0.3, -0.25) is 24.0 Å². The van der Waals surface area contributed by atoms with Gasteiger partial charge in [0.1, 0.15) is 65.2 Å². The van der Waals surface area contributed by atoms with Crippen LogP contribution in [0.15, 0.2) is 123 Å². The Morgan fingerprint density at radius 2 is 0.679 bits per heavy atom. The molecule has 5 amide bonds.